The predicted molar refractivity (Wildman–Crippen MR) is 55.2 cm³/mol. The van der Waals surface area contributed by atoms with Crippen molar-refractivity contribution in [2.75, 3.05) is 19.1 Å². The Balaban J connectivity index is 2.03. The number of ether oxygens (including phenoxy) is 1. The number of alkyl halides is 1. The summed E-state index contributed by atoms with van der Waals surface area (Å²) in [5.74, 6) is 1.66. The van der Waals surface area contributed by atoms with Crippen LogP contribution in [0.3, 0.4) is 0 Å². The van der Waals surface area contributed by atoms with Crippen molar-refractivity contribution in [3.8, 4) is 0 Å². The van der Waals surface area contributed by atoms with Crippen LogP contribution in [0.4, 0.5) is 0 Å². The molecule has 1 aliphatic carbocycles. The van der Waals surface area contributed by atoms with E-state index in [0.717, 1.165) is 25.0 Å². The molecule has 0 radical (unpaired) electrons. The molecule has 0 N–H and O–H groups in total. The minimum atomic E-state index is 0.344. The molecule has 13 heavy (non-hydrogen) atoms. The van der Waals surface area contributed by atoms with Crippen LogP contribution in [0, 0.1) is 11.3 Å². The van der Waals surface area contributed by atoms with Crippen LogP contribution in [0.5, 0.6) is 0 Å². The minimum absolute atomic E-state index is 0.344. The summed E-state index contributed by atoms with van der Waals surface area (Å²) in [6, 6.07) is 0. The molecule has 0 aromatic heterocycles. The Labute approximate surface area is 85.8 Å². The summed E-state index contributed by atoms with van der Waals surface area (Å²) < 4.78 is 5.60. The maximum atomic E-state index is 6.14. The van der Waals surface area contributed by atoms with E-state index in [-0.39, 0.29) is 0 Å². The third-order valence-electron chi connectivity index (χ3n) is 3.84. The summed E-state index contributed by atoms with van der Waals surface area (Å²) in [5, 5.41) is 0. The molecular weight excluding hydrogens is 184 g/mol. The van der Waals surface area contributed by atoms with Crippen molar-refractivity contribution < 1.29 is 4.74 Å². The summed E-state index contributed by atoms with van der Waals surface area (Å²) in [5.41, 5.74) is 0.344. The van der Waals surface area contributed by atoms with Gasteiger partial charge in [0, 0.05) is 17.9 Å². The average molecular weight is 203 g/mol. The van der Waals surface area contributed by atoms with Crippen molar-refractivity contribution in [2.45, 2.75) is 38.5 Å². The van der Waals surface area contributed by atoms with E-state index in [0.29, 0.717) is 5.41 Å². The number of hydrogen-bond donors (Lipinski definition) is 0. The maximum absolute atomic E-state index is 6.14. The quantitative estimate of drug-likeness (QED) is 0.625. The summed E-state index contributed by atoms with van der Waals surface area (Å²) >= 11 is 6.14. The van der Waals surface area contributed by atoms with Crippen LogP contribution in [0.15, 0.2) is 0 Å². The van der Waals surface area contributed by atoms with E-state index < -0.39 is 0 Å². The van der Waals surface area contributed by atoms with Gasteiger partial charge < -0.3 is 4.74 Å². The number of halogens is 1. The maximum Gasteiger partial charge on any atom is 0.0536 e. The molecule has 1 atom stereocenters. The zero-order valence-corrected chi connectivity index (χ0v) is 8.98. The van der Waals surface area contributed by atoms with Gasteiger partial charge in [-0.3, -0.25) is 0 Å². The third-order valence-corrected chi connectivity index (χ3v) is 4.37. The van der Waals surface area contributed by atoms with Crippen LogP contribution in [0.2, 0.25) is 0 Å². The van der Waals surface area contributed by atoms with Crippen molar-refractivity contribution in [1.82, 2.24) is 0 Å². The molecular formula is C11H19ClO. The first kappa shape index (κ1) is 9.79. The molecule has 0 bridgehead atoms. The first-order valence-corrected chi connectivity index (χ1v) is 6.04. The van der Waals surface area contributed by atoms with E-state index in [1.807, 2.05) is 0 Å². The topological polar surface area (TPSA) is 9.23 Å². The second-order valence-electron chi connectivity index (χ2n) is 4.63. The fraction of sp³-hybridized carbons (Fsp3) is 1.00. The first-order valence-electron chi connectivity index (χ1n) is 5.51. The third kappa shape index (κ3) is 1.87. The monoisotopic (exact) mass is 202 g/mol. The normalized spacial score (nSPS) is 36.7. The molecule has 0 aromatic rings. The van der Waals surface area contributed by atoms with Crippen molar-refractivity contribution in [2.24, 2.45) is 11.3 Å². The Morgan fingerprint density at radius 2 is 2.00 bits per heavy atom. The fourth-order valence-electron chi connectivity index (χ4n) is 2.95. The second-order valence-corrected chi connectivity index (χ2v) is 4.90. The largest absolute Gasteiger partial charge is 0.381 e. The van der Waals surface area contributed by atoms with Gasteiger partial charge in [-0.1, -0.05) is 12.8 Å². The van der Waals surface area contributed by atoms with Crippen LogP contribution in [-0.4, -0.2) is 19.1 Å². The van der Waals surface area contributed by atoms with Crippen molar-refractivity contribution in [3.63, 3.8) is 0 Å². The number of hydrogen-bond acceptors (Lipinski definition) is 1. The van der Waals surface area contributed by atoms with Crippen molar-refractivity contribution >= 4 is 11.6 Å². The molecule has 1 unspecified atom stereocenters. The van der Waals surface area contributed by atoms with Gasteiger partial charge in [0.1, 0.15) is 0 Å². The van der Waals surface area contributed by atoms with E-state index >= 15 is 0 Å². The van der Waals surface area contributed by atoms with Crippen LogP contribution in [0.1, 0.15) is 38.5 Å². The predicted octanol–water partition coefficient (Wildman–Crippen LogP) is 3.21. The lowest BCUT2D eigenvalue weighted by Gasteiger charge is -2.40. The molecule has 2 aliphatic rings. The molecule has 2 heteroatoms. The Hall–Kier alpha value is 0.250. The zero-order valence-electron chi connectivity index (χ0n) is 8.23. The standard InChI is InChI=1S/C11H19ClO/c12-8-11(6-3-7-13-9-11)10-4-1-2-5-10/h10H,1-9H2. The zero-order chi connectivity index (χ0) is 9.15. The second kappa shape index (κ2) is 4.18. The lowest BCUT2D eigenvalue weighted by Crippen LogP contribution is -2.39. The summed E-state index contributed by atoms with van der Waals surface area (Å²) in [6.07, 6.45) is 8.09. The van der Waals surface area contributed by atoms with E-state index in [1.165, 1.54) is 38.5 Å². The van der Waals surface area contributed by atoms with Crippen LogP contribution < -0.4 is 0 Å². The molecule has 1 heterocycles. The Bertz CT molecular complexity index is 157. The van der Waals surface area contributed by atoms with Gasteiger partial charge in [0.15, 0.2) is 0 Å². The lowest BCUT2D eigenvalue weighted by atomic mass is 9.72. The van der Waals surface area contributed by atoms with E-state index in [1.54, 1.807) is 0 Å². The molecule has 0 spiro atoms. The highest BCUT2D eigenvalue weighted by Gasteiger charge is 2.40. The Morgan fingerprint density at radius 1 is 1.23 bits per heavy atom. The lowest BCUT2D eigenvalue weighted by molar-refractivity contribution is -0.0274. The van der Waals surface area contributed by atoms with Gasteiger partial charge in [-0.25, -0.2) is 0 Å². The van der Waals surface area contributed by atoms with Crippen molar-refractivity contribution in [3.05, 3.63) is 0 Å². The first-order chi connectivity index (χ1) is 6.37. The highest BCUT2D eigenvalue weighted by atomic mass is 35.5. The molecule has 1 nitrogen and oxygen atoms in total. The molecule has 0 aromatic carbocycles. The van der Waals surface area contributed by atoms with Gasteiger partial charge in [-0.05, 0) is 31.6 Å². The fourth-order valence-corrected chi connectivity index (χ4v) is 3.38. The SMILES string of the molecule is ClCC1(C2CCCC2)CCCOC1. The highest BCUT2D eigenvalue weighted by molar-refractivity contribution is 6.18. The molecule has 1 saturated carbocycles. The summed E-state index contributed by atoms with van der Waals surface area (Å²) in [4.78, 5) is 0. The van der Waals surface area contributed by atoms with Gasteiger partial charge in [-0.2, -0.15) is 0 Å². The molecule has 1 saturated heterocycles. The summed E-state index contributed by atoms with van der Waals surface area (Å²) in [7, 11) is 0. The number of rotatable bonds is 2. The average Bonchev–Trinajstić information content (AvgIpc) is 2.72. The van der Waals surface area contributed by atoms with Crippen molar-refractivity contribution in [1.29, 1.82) is 0 Å². The Morgan fingerprint density at radius 3 is 2.54 bits per heavy atom. The van der Waals surface area contributed by atoms with Crippen LogP contribution in [0.25, 0.3) is 0 Å². The van der Waals surface area contributed by atoms with Gasteiger partial charge in [0.05, 0.1) is 6.61 Å². The van der Waals surface area contributed by atoms with E-state index in [4.69, 9.17) is 16.3 Å². The molecule has 76 valence electrons. The van der Waals surface area contributed by atoms with Gasteiger partial charge in [0.2, 0.25) is 0 Å². The Kier molecular flexibility index (Phi) is 3.15. The van der Waals surface area contributed by atoms with Crippen LogP contribution in [-0.2, 0) is 4.74 Å². The van der Waals surface area contributed by atoms with Gasteiger partial charge in [0.25, 0.3) is 0 Å². The molecule has 2 fully saturated rings. The highest BCUT2D eigenvalue weighted by Crippen LogP contribution is 2.45. The van der Waals surface area contributed by atoms with Gasteiger partial charge >= 0.3 is 0 Å². The summed E-state index contributed by atoms with van der Waals surface area (Å²) in [6.45, 7) is 1.87. The molecule has 1 aliphatic heterocycles. The van der Waals surface area contributed by atoms with E-state index in [9.17, 15) is 0 Å². The smallest absolute Gasteiger partial charge is 0.0536 e. The van der Waals surface area contributed by atoms with Gasteiger partial charge in [-0.15, -0.1) is 11.6 Å². The van der Waals surface area contributed by atoms with E-state index in [2.05, 4.69) is 0 Å². The minimum Gasteiger partial charge on any atom is -0.381 e. The molecule has 2 rings (SSSR count). The van der Waals surface area contributed by atoms with Crippen LogP contribution >= 0.6 is 11.6 Å². The molecule has 0 amide bonds.